The lowest BCUT2D eigenvalue weighted by molar-refractivity contribution is 0.196. The lowest BCUT2D eigenvalue weighted by Crippen LogP contribution is -2.02. The number of hydrogen-bond donors (Lipinski definition) is 0. The fourth-order valence-corrected chi connectivity index (χ4v) is 1.78. The third-order valence-electron chi connectivity index (χ3n) is 1.50. The number of ether oxygens (including phenoxy) is 1. The number of hydrogen-bond acceptors (Lipinski definition) is 2. The zero-order valence-electron chi connectivity index (χ0n) is 7.64. The van der Waals surface area contributed by atoms with Crippen molar-refractivity contribution in [3.63, 3.8) is 0 Å². The molecule has 0 rings (SSSR count). The summed E-state index contributed by atoms with van der Waals surface area (Å²) in [5, 5.41) is 0.515. The highest BCUT2D eigenvalue weighted by Crippen LogP contribution is 2.14. The van der Waals surface area contributed by atoms with E-state index in [-0.39, 0.29) is 0 Å². The summed E-state index contributed by atoms with van der Waals surface area (Å²) in [4.78, 5) is 0. The van der Waals surface area contributed by atoms with E-state index in [2.05, 4.69) is 13.8 Å². The van der Waals surface area contributed by atoms with Gasteiger partial charge in [0.05, 0.1) is 0 Å². The van der Waals surface area contributed by atoms with Crippen molar-refractivity contribution in [2.75, 3.05) is 19.5 Å². The van der Waals surface area contributed by atoms with Gasteiger partial charge in [0.1, 0.15) is 0 Å². The van der Waals surface area contributed by atoms with E-state index in [0.29, 0.717) is 5.25 Å². The predicted octanol–water partition coefficient (Wildman–Crippen LogP) is 2.76. The Morgan fingerprint density at radius 3 is 2.82 bits per heavy atom. The Kier molecular flexibility index (Phi) is 8.64. The topological polar surface area (TPSA) is 9.23 Å². The van der Waals surface area contributed by atoms with Gasteiger partial charge in [0.15, 0.2) is 0 Å². The van der Waals surface area contributed by atoms with Gasteiger partial charge < -0.3 is 4.74 Å². The van der Waals surface area contributed by atoms with Gasteiger partial charge in [-0.25, -0.2) is 0 Å². The maximum atomic E-state index is 4.97. The molecule has 2 heteroatoms. The monoisotopic (exact) mass is 175 g/mol. The molecule has 0 aromatic carbocycles. The van der Waals surface area contributed by atoms with Crippen molar-refractivity contribution in [2.24, 2.45) is 0 Å². The molecule has 1 unspecified atom stereocenters. The third-order valence-corrected chi connectivity index (χ3v) is 2.73. The molecule has 0 saturated heterocycles. The van der Waals surface area contributed by atoms with Crippen LogP contribution in [0.4, 0.5) is 0 Å². The normalized spacial score (nSPS) is 13.4. The summed E-state index contributed by atoms with van der Waals surface area (Å²) in [5.41, 5.74) is 0. The molecule has 0 aromatic heterocycles. The molecule has 11 heavy (non-hydrogen) atoms. The second-order valence-corrected chi connectivity index (χ2v) is 4.04. The lowest BCUT2D eigenvalue weighted by atomic mass is 10.3. The van der Waals surface area contributed by atoms with Gasteiger partial charge in [0.2, 0.25) is 0 Å². The van der Waals surface area contributed by atoms with Crippen LogP contribution in [0.25, 0.3) is 0 Å². The Hall–Kier alpha value is 0.310. The summed E-state index contributed by atoms with van der Waals surface area (Å²) in [6, 6.07) is 0. The average Bonchev–Trinajstić information content (AvgIpc) is 2.01. The van der Waals surface area contributed by atoms with Gasteiger partial charge in [0.25, 0.3) is 0 Å². The highest BCUT2D eigenvalue weighted by molar-refractivity contribution is 7.99. The Morgan fingerprint density at radius 2 is 2.27 bits per heavy atom. The van der Waals surface area contributed by atoms with Gasteiger partial charge in [0, 0.05) is 19.0 Å². The first-order valence-electron chi connectivity index (χ1n) is 4.24. The van der Waals surface area contributed by atoms with Gasteiger partial charge in [-0.3, -0.25) is 0 Å². The molecule has 0 aliphatic carbocycles. The first-order valence-corrected chi connectivity index (χ1v) is 5.29. The highest BCUT2D eigenvalue weighted by Gasteiger charge is 2.00. The molecule has 0 aliphatic rings. The first-order chi connectivity index (χ1) is 5.31. The molecule has 67 valence electrons. The Balaban J connectivity index is 3.02. The Morgan fingerprint density at radius 1 is 1.55 bits per heavy atom. The minimum absolute atomic E-state index is 0.515. The van der Waals surface area contributed by atoms with E-state index >= 15 is 0 Å². The summed E-state index contributed by atoms with van der Waals surface area (Å²) in [6.07, 6.45) is 3.67. The summed E-state index contributed by atoms with van der Waals surface area (Å²) < 4.78 is 4.97. The Labute approximate surface area is 74.9 Å². The maximum Gasteiger partial charge on any atom is 0.0472 e. The van der Waals surface area contributed by atoms with Crippen LogP contribution in [0.2, 0.25) is 0 Å². The second kappa shape index (κ2) is 8.41. The molecule has 1 radical (unpaired) electrons. The highest BCUT2D eigenvalue weighted by atomic mass is 32.2. The zero-order chi connectivity index (χ0) is 8.53. The smallest absolute Gasteiger partial charge is 0.0472 e. The molecule has 0 N–H and O–H groups in total. The van der Waals surface area contributed by atoms with Crippen molar-refractivity contribution in [1.29, 1.82) is 0 Å². The molecule has 1 nitrogen and oxygen atoms in total. The van der Waals surface area contributed by atoms with Crippen LogP contribution in [0.3, 0.4) is 0 Å². The molecule has 0 heterocycles. The summed E-state index contributed by atoms with van der Waals surface area (Å²) in [7, 11) is 1.74. The molecule has 0 amide bonds. The van der Waals surface area contributed by atoms with Gasteiger partial charge in [-0.1, -0.05) is 13.3 Å². The number of methoxy groups -OCH3 is 1. The van der Waals surface area contributed by atoms with Crippen molar-refractivity contribution >= 4 is 11.8 Å². The van der Waals surface area contributed by atoms with Crippen LogP contribution in [-0.2, 0) is 4.74 Å². The second-order valence-electron chi connectivity index (χ2n) is 2.63. The van der Waals surface area contributed by atoms with Crippen LogP contribution in [0.15, 0.2) is 0 Å². The van der Waals surface area contributed by atoms with Crippen LogP contribution in [0.5, 0.6) is 0 Å². The molecule has 0 aromatic rings. The maximum absolute atomic E-state index is 4.97. The van der Waals surface area contributed by atoms with E-state index in [0.717, 1.165) is 13.0 Å². The molecular weight excluding hydrogens is 156 g/mol. The van der Waals surface area contributed by atoms with E-state index < -0.39 is 0 Å². The van der Waals surface area contributed by atoms with Gasteiger partial charge in [-0.05, 0) is 25.5 Å². The fourth-order valence-electron chi connectivity index (χ4n) is 0.727. The number of rotatable bonds is 7. The van der Waals surface area contributed by atoms with Crippen molar-refractivity contribution in [3.8, 4) is 0 Å². The van der Waals surface area contributed by atoms with Crippen LogP contribution in [0.1, 0.15) is 26.2 Å². The van der Waals surface area contributed by atoms with E-state index in [1.807, 2.05) is 11.8 Å². The molecule has 0 bridgehead atoms. The summed E-state index contributed by atoms with van der Waals surface area (Å²) >= 11 is 1.95. The molecule has 0 fully saturated rings. The van der Waals surface area contributed by atoms with Gasteiger partial charge >= 0.3 is 0 Å². The average molecular weight is 175 g/mol. The number of unbranched alkanes of at least 4 members (excludes halogenated alkanes) is 1. The van der Waals surface area contributed by atoms with Gasteiger partial charge in [-0.2, -0.15) is 11.8 Å². The Bertz CT molecular complexity index is 76.0. The standard InChI is InChI=1S/C9H19OS/c1-4-5-8-11-9(2)6-7-10-3/h9H,2,4-8H2,1,3H3. The summed E-state index contributed by atoms with van der Waals surface area (Å²) in [6.45, 7) is 7.09. The van der Waals surface area contributed by atoms with E-state index in [4.69, 9.17) is 4.74 Å². The van der Waals surface area contributed by atoms with Crippen LogP contribution >= 0.6 is 11.8 Å². The van der Waals surface area contributed by atoms with Crippen LogP contribution in [0, 0.1) is 6.92 Å². The number of thioether (sulfide) groups is 1. The predicted molar refractivity (Wildman–Crippen MR) is 53.0 cm³/mol. The molecular formula is C9H19OS. The zero-order valence-corrected chi connectivity index (χ0v) is 8.45. The fraction of sp³-hybridized carbons (Fsp3) is 0.889. The first kappa shape index (κ1) is 11.3. The third kappa shape index (κ3) is 8.21. The van der Waals surface area contributed by atoms with Crippen LogP contribution < -0.4 is 0 Å². The van der Waals surface area contributed by atoms with E-state index in [1.165, 1.54) is 18.6 Å². The van der Waals surface area contributed by atoms with Crippen molar-refractivity contribution in [2.45, 2.75) is 31.4 Å². The molecule has 0 spiro atoms. The lowest BCUT2D eigenvalue weighted by Gasteiger charge is -2.08. The van der Waals surface area contributed by atoms with Crippen molar-refractivity contribution in [3.05, 3.63) is 6.92 Å². The molecule has 0 aliphatic heterocycles. The van der Waals surface area contributed by atoms with E-state index in [1.54, 1.807) is 7.11 Å². The quantitative estimate of drug-likeness (QED) is 0.550. The molecule has 1 atom stereocenters. The minimum Gasteiger partial charge on any atom is -0.385 e. The SMILES string of the molecule is [CH2]C(CCOC)SCCCC. The van der Waals surface area contributed by atoms with Gasteiger partial charge in [-0.15, -0.1) is 0 Å². The largest absolute Gasteiger partial charge is 0.385 e. The van der Waals surface area contributed by atoms with Crippen LogP contribution in [-0.4, -0.2) is 24.7 Å². The summed E-state index contributed by atoms with van der Waals surface area (Å²) in [5.74, 6) is 1.24. The van der Waals surface area contributed by atoms with Crippen molar-refractivity contribution < 1.29 is 4.74 Å². The van der Waals surface area contributed by atoms with Crippen molar-refractivity contribution in [1.82, 2.24) is 0 Å². The van der Waals surface area contributed by atoms with E-state index in [9.17, 15) is 0 Å². The molecule has 0 saturated carbocycles. The minimum atomic E-state index is 0.515.